The van der Waals surface area contributed by atoms with Crippen LogP contribution in [0.1, 0.15) is 15.9 Å². The summed E-state index contributed by atoms with van der Waals surface area (Å²) in [5.74, 6) is -1.17. The first kappa shape index (κ1) is 19.2. The minimum Gasteiger partial charge on any atom is -0.478 e. The number of alkyl halides is 3. The minimum atomic E-state index is -4.57. The summed E-state index contributed by atoms with van der Waals surface area (Å²) in [6.45, 7) is 0. The summed E-state index contributed by atoms with van der Waals surface area (Å²) in [6.07, 6.45) is -2.46. The van der Waals surface area contributed by atoms with Crippen LogP contribution in [0.2, 0.25) is 10.0 Å². The molecular formula is C17H7Cl2F3N4O3. The molecule has 0 aliphatic rings. The minimum absolute atomic E-state index is 0.0158. The Balaban J connectivity index is 1.74. The summed E-state index contributed by atoms with van der Waals surface area (Å²) in [5.41, 5.74) is -0.456. The van der Waals surface area contributed by atoms with Crippen LogP contribution < -0.4 is 0 Å². The van der Waals surface area contributed by atoms with Crippen LogP contribution in [-0.4, -0.2) is 30.6 Å². The van der Waals surface area contributed by atoms with Gasteiger partial charge in [0.25, 0.3) is 5.89 Å². The molecule has 1 N–H and O–H groups in total. The summed E-state index contributed by atoms with van der Waals surface area (Å²) in [5, 5.41) is 12.6. The van der Waals surface area contributed by atoms with Crippen LogP contribution >= 0.6 is 23.2 Å². The Morgan fingerprint density at radius 3 is 2.52 bits per heavy atom. The van der Waals surface area contributed by atoms with E-state index in [0.717, 1.165) is 16.7 Å². The van der Waals surface area contributed by atoms with Crippen molar-refractivity contribution in [2.75, 3.05) is 0 Å². The zero-order valence-corrected chi connectivity index (χ0v) is 15.4. The number of fused-ring (bicyclic) bond motifs is 1. The van der Waals surface area contributed by atoms with E-state index < -0.39 is 17.7 Å². The van der Waals surface area contributed by atoms with Crippen molar-refractivity contribution in [3.05, 3.63) is 57.8 Å². The van der Waals surface area contributed by atoms with Gasteiger partial charge in [-0.25, -0.2) is 9.78 Å². The largest absolute Gasteiger partial charge is 0.478 e. The van der Waals surface area contributed by atoms with Gasteiger partial charge < -0.3 is 14.0 Å². The maximum Gasteiger partial charge on any atom is 0.417 e. The molecule has 3 heterocycles. The standard InChI is InChI=1S/C17H7Cl2F3N4O3/c18-10-3-7(16(27)28)1-2-9(10)13-24-15(29-25-13)12-6-26-5-8(17(20,21)22)4-11(19)14(26)23-12/h1-6H,(H,27,28). The van der Waals surface area contributed by atoms with Crippen LogP contribution in [0.25, 0.3) is 28.6 Å². The number of hydrogen-bond acceptors (Lipinski definition) is 5. The number of imidazole rings is 1. The van der Waals surface area contributed by atoms with Crippen LogP contribution in [0.4, 0.5) is 13.2 Å². The Morgan fingerprint density at radius 1 is 1.10 bits per heavy atom. The van der Waals surface area contributed by atoms with Crippen LogP contribution in [-0.2, 0) is 6.18 Å². The fraction of sp³-hybridized carbons (Fsp3) is 0.0588. The maximum absolute atomic E-state index is 13.0. The van der Waals surface area contributed by atoms with Crippen LogP contribution in [0.15, 0.2) is 41.2 Å². The second kappa shape index (κ2) is 6.75. The van der Waals surface area contributed by atoms with E-state index in [2.05, 4.69) is 15.1 Å². The first-order chi connectivity index (χ1) is 13.6. The maximum atomic E-state index is 13.0. The predicted octanol–water partition coefficient (Wildman–Crippen LogP) is 5.08. The summed E-state index contributed by atoms with van der Waals surface area (Å²) in [7, 11) is 0. The van der Waals surface area contributed by atoms with Crippen molar-refractivity contribution in [2.45, 2.75) is 6.18 Å². The normalized spacial score (nSPS) is 11.9. The quantitative estimate of drug-likeness (QED) is 0.475. The van der Waals surface area contributed by atoms with Crippen molar-refractivity contribution in [2.24, 2.45) is 0 Å². The molecule has 12 heteroatoms. The molecule has 0 saturated carbocycles. The number of benzene rings is 1. The molecular weight excluding hydrogens is 436 g/mol. The van der Waals surface area contributed by atoms with Gasteiger partial charge in [-0.3, -0.25) is 0 Å². The van der Waals surface area contributed by atoms with E-state index in [9.17, 15) is 18.0 Å². The molecule has 3 aromatic heterocycles. The van der Waals surface area contributed by atoms with Crippen LogP contribution in [0.3, 0.4) is 0 Å². The first-order valence-electron chi connectivity index (χ1n) is 7.76. The lowest BCUT2D eigenvalue weighted by Crippen LogP contribution is -2.06. The van der Waals surface area contributed by atoms with Crippen molar-refractivity contribution in [1.82, 2.24) is 19.5 Å². The summed E-state index contributed by atoms with van der Waals surface area (Å²) < 4.78 is 45.1. The Labute approximate surface area is 169 Å². The molecule has 29 heavy (non-hydrogen) atoms. The molecule has 0 aliphatic heterocycles. The molecule has 0 saturated heterocycles. The van der Waals surface area contributed by atoms with Crippen molar-refractivity contribution in [3.63, 3.8) is 0 Å². The van der Waals surface area contributed by atoms with Crippen molar-refractivity contribution in [3.8, 4) is 23.0 Å². The SMILES string of the molecule is O=C(O)c1ccc(-c2noc(-c3cn4cc(C(F)(F)F)cc(Cl)c4n3)n2)c(Cl)c1. The van der Waals surface area contributed by atoms with E-state index in [4.69, 9.17) is 32.8 Å². The summed E-state index contributed by atoms with van der Waals surface area (Å²) in [4.78, 5) is 19.2. The lowest BCUT2D eigenvalue weighted by molar-refractivity contribution is -0.137. The number of hydrogen-bond donors (Lipinski definition) is 1. The van der Waals surface area contributed by atoms with E-state index in [1.54, 1.807) is 0 Å². The number of halogens is 5. The number of rotatable bonds is 3. The number of carboxylic acids is 1. The number of carboxylic acid groups (broad SMARTS) is 1. The predicted molar refractivity (Wildman–Crippen MR) is 95.9 cm³/mol. The summed E-state index contributed by atoms with van der Waals surface area (Å²) >= 11 is 12.0. The highest BCUT2D eigenvalue weighted by Gasteiger charge is 2.32. The lowest BCUT2D eigenvalue weighted by atomic mass is 10.1. The van der Waals surface area contributed by atoms with Gasteiger partial charge in [-0.15, -0.1) is 0 Å². The van der Waals surface area contributed by atoms with Crippen LogP contribution in [0.5, 0.6) is 0 Å². The van der Waals surface area contributed by atoms with Gasteiger partial charge in [-0.2, -0.15) is 18.2 Å². The zero-order chi connectivity index (χ0) is 20.9. The third-order valence-corrected chi connectivity index (χ3v) is 4.53. The van der Waals surface area contributed by atoms with E-state index in [1.165, 1.54) is 24.4 Å². The topological polar surface area (TPSA) is 93.5 Å². The molecule has 0 radical (unpaired) electrons. The molecule has 0 fully saturated rings. The average Bonchev–Trinajstić information content (AvgIpc) is 3.27. The third-order valence-electron chi connectivity index (χ3n) is 3.94. The molecule has 0 atom stereocenters. The van der Waals surface area contributed by atoms with Crippen molar-refractivity contribution in [1.29, 1.82) is 0 Å². The first-order valence-corrected chi connectivity index (χ1v) is 8.52. The lowest BCUT2D eigenvalue weighted by Gasteiger charge is -2.07. The fourth-order valence-corrected chi connectivity index (χ4v) is 3.10. The monoisotopic (exact) mass is 442 g/mol. The Morgan fingerprint density at radius 2 is 1.86 bits per heavy atom. The molecule has 0 spiro atoms. The van der Waals surface area contributed by atoms with Crippen LogP contribution in [0, 0.1) is 0 Å². The fourth-order valence-electron chi connectivity index (χ4n) is 2.58. The van der Waals surface area contributed by atoms with E-state index in [0.29, 0.717) is 5.56 Å². The van der Waals surface area contributed by atoms with E-state index >= 15 is 0 Å². The number of nitrogens with zero attached hydrogens (tertiary/aromatic N) is 4. The molecule has 148 valence electrons. The summed E-state index contributed by atoms with van der Waals surface area (Å²) in [6, 6.07) is 4.74. The molecule has 4 rings (SSSR count). The highest BCUT2D eigenvalue weighted by atomic mass is 35.5. The van der Waals surface area contributed by atoms with Gasteiger partial charge >= 0.3 is 12.1 Å². The average molecular weight is 443 g/mol. The Bertz CT molecular complexity index is 1270. The third kappa shape index (κ3) is 3.52. The molecule has 7 nitrogen and oxygen atoms in total. The second-order valence-corrected chi connectivity index (χ2v) is 6.67. The number of aromatic carboxylic acids is 1. The molecule has 0 amide bonds. The van der Waals surface area contributed by atoms with Gasteiger partial charge in [0.1, 0.15) is 5.69 Å². The molecule has 0 unspecified atom stereocenters. The number of carbonyl (C=O) groups is 1. The van der Waals surface area contributed by atoms with Gasteiger partial charge in [0.15, 0.2) is 5.65 Å². The highest BCUT2D eigenvalue weighted by Crippen LogP contribution is 2.33. The smallest absolute Gasteiger partial charge is 0.417 e. The van der Waals surface area contributed by atoms with Crippen molar-refractivity contribution >= 4 is 34.8 Å². The van der Waals surface area contributed by atoms with E-state index in [1.807, 2.05) is 0 Å². The van der Waals surface area contributed by atoms with Gasteiger partial charge in [-0.1, -0.05) is 28.4 Å². The number of aromatic nitrogens is 4. The molecule has 4 aromatic rings. The van der Waals surface area contributed by atoms with Gasteiger partial charge in [0.2, 0.25) is 5.82 Å². The van der Waals surface area contributed by atoms with Gasteiger partial charge in [-0.05, 0) is 24.3 Å². The highest BCUT2D eigenvalue weighted by molar-refractivity contribution is 6.34. The van der Waals surface area contributed by atoms with Crippen molar-refractivity contribution < 1.29 is 27.6 Å². The van der Waals surface area contributed by atoms with E-state index in [-0.39, 0.29) is 38.7 Å². The molecule has 0 bridgehead atoms. The second-order valence-electron chi connectivity index (χ2n) is 5.85. The number of pyridine rings is 1. The molecule has 1 aromatic carbocycles. The Hall–Kier alpha value is -3.11. The van der Waals surface area contributed by atoms with Gasteiger partial charge in [0, 0.05) is 18.0 Å². The Kier molecular flexibility index (Phi) is 4.47. The van der Waals surface area contributed by atoms with Gasteiger partial charge in [0.05, 0.1) is 21.2 Å². The molecule has 0 aliphatic carbocycles. The zero-order valence-electron chi connectivity index (χ0n) is 13.9.